The lowest BCUT2D eigenvalue weighted by atomic mass is 9.59. The third-order valence-corrected chi connectivity index (χ3v) is 5.38. The molecule has 1 aliphatic carbocycles. The predicted molar refractivity (Wildman–Crippen MR) is 78.7 cm³/mol. The average Bonchev–Trinajstić information content (AvgIpc) is 2.56. The number of amides is 1. The molecule has 0 saturated carbocycles. The summed E-state index contributed by atoms with van der Waals surface area (Å²) >= 11 is 0. The van der Waals surface area contributed by atoms with Gasteiger partial charge < -0.3 is 4.74 Å². The van der Waals surface area contributed by atoms with Gasteiger partial charge >= 0.3 is 6.09 Å². The van der Waals surface area contributed by atoms with Crippen LogP contribution in [0.1, 0.15) is 52.2 Å². The number of fused-ring (bicyclic) bond motifs is 3. The van der Waals surface area contributed by atoms with E-state index < -0.39 is 5.60 Å². The summed E-state index contributed by atoms with van der Waals surface area (Å²) < 4.78 is 5.84. The maximum Gasteiger partial charge on any atom is 0.411 e. The van der Waals surface area contributed by atoms with E-state index in [1.807, 2.05) is 11.8 Å². The lowest BCUT2D eigenvalue weighted by Gasteiger charge is -2.51. The molecule has 1 aromatic carbocycles. The summed E-state index contributed by atoms with van der Waals surface area (Å²) in [6, 6.07) is 8.49. The Hall–Kier alpha value is -1.51. The Morgan fingerprint density at radius 3 is 2.35 bits per heavy atom. The van der Waals surface area contributed by atoms with E-state index in [9.17, 15) is 4.79 Å². The van der Waals surface area contributed by atoms with Gasteiger partial charge in [-0.2, -0.15) is 0 Å². The Labute approximate surface area is 120 Å². The SMILES string of the molecule is CCN1C(=O)O[C@@]2(C)CC(C)(C)c3ccccc3[C@]12C. The van der Waals surface area contributed by atoms with Crippen LogP contribution >= 0.6 is 0 Å². The Morgan fingerprint density at radius 2 is 1.75 bits per heavy atom. The highest BCUT2D eigenvalue weighted by Gasteiger charge is 2.65. The van der Waals surface area contributed by atoms with Crippen LogP contribution in [0.3, 0.4) is 0 Å². The number of likely N-dealkylation sites (N-methyl/N-ethyl adjacent to an activating group) is 1. The minimum atomic E-state index is -0.474. The van der Waals surface area contributed by atoms with Crippen molar-refractivity contribution in [1.29, 1.82) is 0 Å². The molecule has 0 aromatic heterocycles. The maximum atomic E-state index is 12.3. The van der Waals surface area contributed by atoms with Crippen LogP contribution in [-0.4, -0.2) is 23.1 Å². The highest BCUT2D eigenvalue weighted by molar-refractivity contribution is 5.74. The molecule has 0 unspecified atom stereocenters. The van der Waals surface area contributed by atoms with Gasteiger partial charge in [-0.3, -0.25) is 4.90 Å². The number of carbonyl (C=O) groups excluding carboxylic acids is 1. The highest BCUT2D eigenvalue weighted by atomic mass is 16.6. The van der Waals surface area contributed by atoms with Crippen LogP contribution in [0.4, 0.5) is 4.79 Å². The van der Waals surface area contributed by atoms with Crippen LogP contribution in [-0.2, 0) is 15.7 Å². The van der Waals surface area contributed by atoms with Crippen molar-refractivity contribution in [2.24, 2.45) is 0 Å². The number of ether oxygens (including phenoxy) is 1. The molecule has 0 spiro atoms. The first-order chi connectivity index (χ1) is 9.26. The van der Waals surface area contributed by atoms with Crippen LogP contribution in [0.2, 0.25) is 0 Å². The van der Waals surface area contributed by atoms with Gasteiger partial charge in [0.15, 0.2) is 0 Å². The number of benzene rings is 1. The lowest BCUT2D eigenvalue weighted by molar-refractivity contribution is -0.0286. The van der Waals surface area contributed by atoms with Gasteiger partial charge in [-0.05, 0) is 43.7 Å². The molecule has 20 heavy (non-hydrogen) atoms. The summed E-state index contributed by atoms with van der Waals surface area (Å²) in [6.45, 7) is 11.4. The first-order valence-electron chi connectivity index (χ1n) is 7.37. The van der Waals surface area contributed by atoms with Gasteiger partial charge in [-0.15, -0.1) is 0 Å². The van der Waals surface area contributed by atoms with Gasteiger partial charge in [-0.1, -0.05) is 38.1 Å². The van der Waals surface area contributed by atoms with Crippen LogP contribution < -0.4 is 0 Å². The van der Waals surface area contributed by atoms with E-state index in [2.05, 4.69) is 52.0 Å². The average molecular weight is 273 g/mol. The van der Waals surface area contributed by atoms with Crippen LogP contribution in [0.25, 0.3) is 0 Å². The first-order valence-corrected chi connectivity index (χ1v) is 7.37. The molecule has 108 valence electrons. The summed E-state index contributed by atoms with van der Waals surface area (Å²) in [5.74, 6) is 0. The fourth-order valence-electron chi connectivity index (χ4n) is 4.34. The largest absolute Gasteiger partial charge is 0.440 e. The molecular formula is C17H23NO2. The normalized spacial score (nSPS) is 34.5. The molecular weight excluding hydrogens is 250 g/mol. The standard InChI is InChI=1S/C17H23NO2/c1-6-18-14(19)20-16(4)11-15(2,3)12-9-7-8-10-13(12)17(16,18)5/h7-10H,6,11H2,1-5H3/t16-,17-/m0/s1. The minimum Gasteiger partial charge on any atom is -0.440 e. The molecule has 2 aliphatic rings. The monoisotopic (exact) mass is 273 g/mol. The second kappa shape index (κ2) is 3.78. The van der Waals surface area contributed by atoms with Crippen molar-refractivity contribution in [1.82, 2.24) is 4.90 Å². The Bertz CT molecular complexity index is 580. The number of nitrogens with zero attached hydrogens (tertiary/aromatic N) is 1. The van der Waals surface area contributed by atoms with Gasteiger partial charge in [0.1, 0.15) is 11.1 Å². The van der Waals surface area contributed by atoms with Gasteiger partial charge in [0.25, 0.3) is 0 Å². The van der Waals surface area contributed by atoms with Gasteiger partial charge in [-0.25, -0.2) is 4.79 Å². The molecule has 1 aromatic rings. The van der Waals surface area contributed by atoms with Gasteiger partial charge in [0.05, 0.1) is 0 Å². The van der Waals surface area contributed by atoms with Crippen LogP contribution in [0.5, 0.6) is 0 Å². The number of hydrogen-bond acceptors (Lipinski definition) is 2. The number of rotatable bonds is 1. The van der Waals surface area contributed by atoms with E-state index in [1.54, 1.807) is 0 Å². The fourth-order valence-corrected chi connectivity index (χ4v) is 4.34. The molecule has 3 nitrogen and oxygen atoms in total. The molecule has 0 bridgehead atoms. The molecule has 1 amide bonds. The zero-order chi connectivity index (χ0) is 14.8. The van der Waals surface area contributed by atoms with Crippen molar-refractivity contribution in [3.63, 3.8) is 0 Å². The maximum absolute atomic E-state index is 12.3. The second-order valence-electron chi connectivity index (χ2n) is 7.02. The van der Waals surface area contributed by atoms with Crippen molar-refractivity contribution in [2.75, 3.05) is 6.54 Å². The summed E-state index contributed by atoms with van der Waals surface area (Å²) in [5.41, 5.74) is 1.71. The number of hydrogen-bond donors (Lipinski definition) is 0. The van der Waals surface area contributed by atoms with Crippen molar-refractivity contribution < 1.29 is 9.53 Å². The zero-order valence-electron chi connectivity index (χ0n) is 13.0. The topological polar surface area (TPSA) is 29.5 Å². The third kappa shape index (κ3) is 1.38. The summed E-state index contributed by atoms with van der Waals surface area (Å²) in [5, 5.41) is 0. The molecule has 1 heterocycles. The molecule has 0 N–H and O–H groups in total. The van der Waals surface area contributed by atoms with Crippen molar-refractivity contribution in [2.45, 2.75) is 57.6 Å². The van der Waals surface area contributed by atoms with E-state index in [4.69, 9.17) is 4.74 Å². The molecule has 3 heteroatoms. The van der Waals surface area contributed by atoms with E-state index in [0.29, 0.717) is 6.54 Å². The van der Waals surface area contributed by atoms with Gasteiger partial charge in [0, 0.05) is 6.54 Å². The Balaban J connectivity index is 2.31. The minimum absolute atomic E-state index is 0.00881. The van der Waals surface area contributed by atoms with Crippen molar-refractivity contribution in [3.05, 3.63) is 35.4 Å². The van der Waals surface area contributed by atoms with Gasteiger partial charge in [0.2, 0.25) is 0 Å². The predicted octanol–water partition coefficient (Wildman–Crippen LogP) is 3.81. The van der Waals surface area contributed by atoms with E-state index >= 15 is 0 Å². The summed E-state index contributed by atoms with van der Waals surface area (Å²) in [6.07, 6.45) is 0.653. The Kier molecular flexibility index (Phi) is 2.54. The molecule has 1 aliphatic heterocycles. The number of carbonyl (C=O) groups is 1. The summed E-state index contributed by atoms with van der Waals surface area (Å²) in [7, 11) is 0. The highest BCUT2D eigenvalue weighted by Crippen LogP contribution is 2.57. The lowest BCUT2D eigenvalue weighted by Crippen LogP contribution is -2.58. The molecule has 1 fully saturated rings. The molecule has 1 saturated heterocycles. The summed E-state index contributed by atoms with van der Waals surface area (Å²) in [4.78, 5) is 14.2. The van der Waals surface area contributed by atoms with Crippen molar-refractivity contribution >= 4 is 6.09 Å². The third-order valence-electron chi connectivity index (χ3n) is 5.38. The van der Waals surface area contributed by atoms with E-state index in [-0.39, 0.29) is 17.0 Å². The van der Waals surface area contributed by atoms with E-state index in [1.165, 1.54) is 11.1 Å². The molecule has 0 radical (unpaired) electrons. The molecule has 3 rings (SSSR count). The van der Waals surface area contributed by atoms with Crippen LogP contribution in [0.15, 0.2) is 24.3 Å². The second-order valence-corrected chi connectivity index (χ2v) is 7.02. The Morgan fingerprint density at radius 1 is 1.15 bits per heavy atom. The van der Waals surface area contributed by atoms with Crippen molar-refractivity contribution in [3.8, 4) is 0 Å². The first kappa shape index (κ1) is 13.5. The van der Waals surface area contributed by atoms with Crippen LogP contribution in [0, 0.1) is 0 Å². The molecule has 2 atom stereocenters. The quantitative estimate of drug-likeness (QED) is 0.778. The smallest absolute Gasteiger partial charge is 0.411 e. The fraction of sp³-hybridized carbons (Fsp3) is 0.588. The van der Waals surface area contributed by atoms with E-state index in [0.717, 1.165) is 6.42 Å². The zero-order valence-corrected chi connectivity index (χ0v) is 13.0.